The molecular weight excluding hydrogens is 239 g/mol. The van der Waals surface area contributed by atoms with Crippen LogP contribution in [0.2, 0.25) is 0 Å². The molecule has 94 valence electrons. The lowest BCUT2D eigenvalue weighted by molar-refractivity contribution is 0.0600. The smallest absolute Gasteiger partial charge is 0.339 e. The van der Waals surface area contributed by atoms with Gasteiger partial charge in [0.1, 0.15) is 17.0 Å². The Labute approximate surface area is 102 Å². The molecule has 18 heavy (non-hydrogen) atoms. The van der Waals surface area contributed by atoms with Gasteiger partial charge in [0.25, 0.3) is 0 Å². The van der Waals surface area contributed by atoms with Gasteiger partial charge < -0.3 is 14.6 Å². The normalized spacial score (nSPS) is 14.2. The molecule has 2 rings (SSSR count). The molecule has 5 heteroatoms. The first-order valence-electron chi connectivity index (χ1n) is 5.23. The van der Waals surface area contributed by atoms with Crippen LogP contribution >= 0.6 is 0 Å². The molecule has 0 saturated carbocycles. The highest BCUT2D eigenvalue weighted by molar-refractivity contribution is 5.89. The van der Waals surface area contributed by atoms with Gasteiger partial charge in [-0.3, -0.25) is 0 Å². The van der Waals surface area contributed by atoms with Crippen molar-refractivity contribution in [3.63, 3.8) is 0 Å². The van der Waals surface area contributed by atoms with E-state index in [4.69, 9.17) is 9.52 Å². The van der Waals surface area contributed by atoms with E-state index in [9.17, 15) is 14.3 Å². The summed E-state index contributed by atoms with van der Waals surface area (Å²) in [5.74, 6) is -2.06. The van der Waals surface area contributed by atoms with Gasteiger partial charge in [0.05, 0.1) is 6.26 Å². The number of carbonyl (C=O) groups is 1. The Bertz CT molecular complexity index is 586. The molecule has 2 aromatic rings. The van der Waals surface area contributed by atoms with E-state index in [1.54, 1.807) is 6.07 Å². The first-order chi connectivity index (χ1) is 8.44. The van der Waals surface area contributed by atoms with E-state index < -0.39 is 17.4 Å². The van der Waals surface area contributed by atoms with Gasteiger partial charge in [0.2, 0.25) is 0 Å². The third kappa shape index (κ3) is 1.89. The molecule has 0 spiro atoms. The Morgan fingerprint density at radius 2 is 2.00 bits per heavy atom. The molecule has 0 aliphatic carbocycles. The highest BCUT2D eigenvalue weighted by atomic mass is 19.1. The predicted octanol–water partition coefficient (Wildman–Crippen LogP) is 2.37. The maximum absolute atomic E-state index is 13.7. The second-order valence-electron chi connectivity index (χ2n) is 4.02. The minimum atomic E-state index is -1.84. The summed E-state index contributed by atoms with van der Waals surface area (Å²) in [7, 11) is 0. The average Bonchev–Trinajstić information content (AvgIpc) is 2.78. The van der Waals surface area contributed by atoms with Crippen LogP contribution in [-0.4, -0.2) is 16.2 Å². The Hall–Kier alpha value is -2.14. The van der Waals surface area contributed by atoms with Crippen LogP contribution in [0.4, 0.5) is 4.39 Å². The van der Waals surface area contributed by atoms with Crippen molar-refractivity contribution in [1.29, 1.82) is 0 Å². The van der Waals surface area contributed by atoms with E-state index in [0.717, 1.165) is 6.26 Å². The Morgan fingerprint density at radius 3 is 2.61 bits per heavy atom. The number of halogens is 1. The van der Waals surface area contributed by atoms with E-state index in [2.05, 4.69) is 0 Å². The zero-order valence-electron chi connectivity index (χ0n) is 9.55. The molecule has 2 N–H and O–H groups in total. The summed E-state index contributed by atoms with van der Waals surface area (Å²) >= 11 is 0. The molecule has 1 unspecified atom stereocenters. The summed E-state index contributed by atoms with van der Waals surface area (Å²) in [6.07, 6.45) is 1.15. The average molecular weight is 250 g/mol. The van der Waals surface area contributed by atoms with Crippen LogP contribution < -0.4 is 0 Å². The molecule has 1 aromatic heterocycles. The van der Waals surface area contributed by atoms with Crippen LogP contribution in [0.1, 0.15) is 28.6 Å². The topological polar surface area (TPSA) is 70.7 Å². The Balaban J connectivity index is 2.58. The lowest BCUT2D eigenvalue weighted by Crippen LogP contribution is -2.26. The van der Waals surface area contributed by atoms with Crippen LogP contribution in [0.25, 0.3) is 0 Å². The fourth-order valence-corrected chi connectivity index (χ4v) is 1.83. The highest BCUT2D eigenvalue weighted by Crippen LogP contribution is 2.33. The Morgan fingerprint density at radius 1 is 1.33 bits per heavy atom. The predicted molar refractivity (Wildman–Crippen MR) is 60.7 cm³/mol. The van der Waals surface area contributed by atoms with Gasteiger partial charge in [0, 0.05) is 5.56 Å². The number of furan rings is 1. The molecule has 4 nitrogen and oxygen atoms in total. The van der Waals surface area contributed by atoms with Crippen molar-refractivity contribution in [2.24, 2.45) is 0 Å². The molecule has 0 saturated heterocycles. The maximum atomic E-state index is 13.7. The van der Waals surface area contributed by atoms with Crippen LogP contribution in [0.5, 0.6) is 0 Å². The van der Waals surface area contributed by atoms with Crippen LogP contribution in [0, 0.1) is 5.82 Å². The standard InChI is InChI=1S/C13H11FO4/c1-13(17,9-4-2-3-5-10(9)14)11-8(12(15)16)6-7-18-11/h2-7,17H,1H3,(H,15,16). The largest absolute Gasteiger partial charge is 0.478 e. The number of aliphatic hydroxyl groups is 1. The highest BCUT2D eigenvalue weighted by Gasteiger charge is 2.35. The van der Waals surface area contributed by atoms with Crippen LogP contribution in [-0.2, 0) is 5.60 Å². The minimum absolute atomic E-state index is 0.0394. The zero-order chi connectivity index (χ0) is 13.3. The van der Waals surface area contributed by atoms with Crippen LogP contribution in [0.15, 0.2) is 41.0 Å². The van der Waals surface area contributed by atoms with E-state index in [1.165, 1.54) is 31.2 Å². The van der Waals surface area contributed by atoms with Crippen molar-refractivity contribution in [3.8, 4) is 0 Å². The second-order valence-corrected chi connectivity index (χ2v) is 4.02. The SMILES string of the molecule is CC(O)(c1ccccc1F)c1occc1C(=O)O. The zero-order valence-corrected chi connectivity index (χ0v) is 9.55. The monoisotopic (exact) mass is 250 g/mol. The minimum Gasteiger partial charge on any atom is -0.478 e. The summed E-state index contributed by atoms with van der Waals surface area (Å²) in [4.78, 5) is 11.0. The third-order valence-corrected chi connectivity index (χ3v) is 2.74. The van der Waals surface area contributed by atoms with Crippen molar-refractivity contribution < 1.29 is 23.8 Å². The van der Waals surface area contributed by atoms with Gasteiger partial charge >= 0.3 is 5.97 Å². The van der Waals surface area contributed by atoms with Gasteiger partial charge in [-0.2, -0.15) is 0 Å². The molecule has 0 radical (unpaired) electrons. The van der Waals surface area contributed by atoms with Crippen molar-refractivity contribution in [3.05, 3.63) is 59.3 Å². The third-order valence-electron chi connectivity index (χ3n) is 2.74. The summed E-state index contributed by atoms with van der Waals surface area (Å²) in [5.41, 5.74) is -2.08. The Kier molecular flexibility index (Phi) is 2.92. The van der Waals surface area contributed by atoms with Crippen LogP contribution in [0.3, 0.4) is 0 Å². The second kappa shape index (κ2) is 4.27. The first-order valence-corrected chi connectivity index (χ1v) is 5.23. The summed E-state index contributed by atoms with van der Waals surface area (Å²) in [6.45, 7) is 1.29. The number of aromatic carboxylic acids is 1. The summed E-state index contributed by atoms with van der Waals surface area (Å²) in [5, 5.41) is 19.3. The van der Waals surface area contributed by atoms with Crippen molar-refractivity contribution in [1.82, 2.24) is 0 Å². The number of hydrogen-bond donors (Lipinski definition) is 2. The molecule has 1 atom stereocenters. The number of carboxylic acids is 1. The fraction of sp³-hybridized carbons (Fsp3) is 0.154. The number of hydrogen-bond acceptors (Lipinski definition) is 3. The molecule has 0 aliphatic heterocycles. The summed E-state index contributed by atoms with van der Waals surface area (Å²) < 4.78 is 18.7. The lowest BCUT2D eigenvalue weighted by atomic mass is 9.90. The molecule has 0 fully saturated rings. The number of benzene rings is 1. The molecule has 1 heterocycles. The quantitative estimate of drug-likeness (QED) is 0.877. The molecule has 0 amide bonds. The molecular formula is C13H11FO4. The van der Waals surface area contributed by atoms with Gasteiger partial charge in [-0.05, 0) is 19.1 Å². The van der Waals surface area contributed by atoms with Gasteiger partial charge in [0.15, 0.2) is 5.76 Å². The van der Waals surface area contributed by atoms with Gasteiger partial charge in [-0.1, -0.05) is 18.2 Å². The number of rotatable bonds is 3. The maximum Gasteiger partial charge on any atom is 0.339 e. The number of carboxylic acid groups (broad SMARTS) is 1. The fourth-order valence-electron chi connectivity index (χ4n) is 1.83. The van der Waals surface area contributed by atoms with Crippen molar-refractivity contribution in [2.45, 2.75) is 12.5 Å². The van der Waals surface area contributed by atoms with E-state index in [1.807, 2.05) is 0 Å². The van der Waals surface area contributed by atoms with E-state index in [0.29, 0.717) is 0 Å². The first kappa shape index (κ1) is 12.3. The van der Waals surface area contributed by atoms with E-state index in [-0.39, 0.29) is 16.9 Å². The van der Waals surface area contributed by atoms with Gasteiger partial charge in [-0.15, -0.1) is 0 Å². The lowest BCUT2D eigenvalue weighted by Gasteiger charge is -2.22. The van der Waals surface area contributed by atoms with Crippen molar-refractivity contribution >= 4 is 5.97 Å². The van der Waals surface area contributed by atoms with Crippen molar-refractivity contribution in [2.75, 3.05) is 0 Å². The summed E-state index contributed by atoms with van der Waals surface area (Å²) in [6, 6.07) is 6.81. The van der Waals surface area contributed by atoms with E-state index >= 15 is 0 Å². The molecule has 0 bridgehead atoms. The van der Waals surface area contributed by atoms with Gasteiger partial charge in [-0.25, -0.2) is 9.18 Å². The molecule has 1 aromatic carbocycles. The molecule has 0 aliphatic rings.